The van der Waals surface area contributed by atoms with E-state index < -0.39 is 10.0 Å². The van der Waals surface area contributed by atoms with Gasteiger partial charge in [-0.3, -0.25) is 4.79 Å². The molecular weight excluding hydrogens is 290 g/mol. The Morgan fingerprint density at radius 1 is 1.58 bits per heavy atom. The van der Waals surface area contributed by atoms with Gasteiger partial charge in [-0.25, -0.2) is 18.5 Å². The van der Waals surface area contributed by atoms with Gasteiger partial charge >= 0.3 is 0 Å². The number of carbonyl (C=O) groups excluding carboxylic acids is 1. The fraction of sp³-hybridized carbons (Fsp3) is 0.455. The molecule has 104 valence electrons. The molecule has 8 heteroatoms. The van der Waals surface area contributed by atoms with Crippen molar-refractivity contribution in [3.8, 4) is 0 Å². The molecule has 0 aromatic carbocycles. The molecule has 1 unspecified atom stereocenters. The second-order valence-electron chi connectivity index (χ2n) is 4.67. The lowest BCUT2D eigenvalue weighted by Crippen LogP contribution is -2.28. The van der Waals surface area contributed by atoms with Gasteiger partial charge in [-0.05, 0) is 18.6 Å². The van der Waals surface area contributed by atoms with Gasteiger partial charge in [0.15, 0.2) is 5.15 Å². The van der Waals surface area contributed by atoms with E-state index in [-0.39, 0.29) is 29.2 Å². The Kier molecular flexibility index (Phi) is 3.80. The van der Waals surface area contributed by atoms with Gasteiger partial charge in [-0.1, -0.05) is 11.6 Å². The van der Waals surface area contributed by atoms with Crippen LogP contribution >= 0.6 is 11.6 Å². The highest BCUT2D eigenvalue weighted by atomic mass is 35.5. The molecule has 1 amide bonds. The van der Waals surface area contributed by atoms with Crippen LogP contribution in [0.5, 0.6) is 0 Å². The van der Waals surface area contributed by atoms with Crippen molar-refractivity contribution < 1.29 is 13.2 Å². The summed E-state index contributed by atoms with van der Waals surface area (Å²) in [6, 6.07) is 1.75. The number of nitrogens with two attached hydrogens (primary N) is 1. The molecule has 1 aromatic heterocycles. The molecule has 1 aliphatic heterocycles. The van der Waals surface area contributed by atoms with Crippen molar-refractivity contribution in [2.24, 2.45) is 11.1 Å². The number of aromatic nitrogens is 1. The van der Waals surface area contributed by atoms with Crippen molar-refractivity contribution in [2.75, 3.05) is 17.2 Å². The van der Waals surface area contributed by atoms with Crippen LogP contribution in [0.1, 0.15) is 12.0 Å². The zero-order valence-electron chi connectivity index (χ0n) is 10.3. The molecule has 0 saturated carbocycles. The van der Waals surface area contributed by atoms with E-state index in [4.69, 9.17) is 16.7 Å². The molecule has 0 radical (unpaired) electrons. The van der Waals surface area contributed by atoms with Gasteiger partial charge in [0.2, 0.25) is 15.9 Å². The third-order valence-electron chi connectivity index (χ3n) is 3.02. The number of amides is 1. The first-order chi connectivity index (χ1) is 8.78. The highest BCUT2D eigenvalue weighted by Gasteiger charge is 2.34. The first-order valence-electron chi connectivity index (χ1n) is 5.70. The third kappa shape index (κ3) is 3.23. The lowest BCUT2D eigenvalue weighted by atomic mass is 10.1. The van der Waals surface area contributed by atoms with Crippen LogP contribution in [-0.2, 0) is 14.8 Å². The Morgan fingerprint density at radius 3 is 2.84 bits per heavy atom. The lowest BCUT2D eigenvalue weighted by molar-refractivity contribution is -0.117. The van der Waals surface area contributed by atoms with Crippen LogP contribution in [0.3, 0.4) is 0 Å². The summed E-state index contributed by atoms with van der Waals surface area (Å²) in [6.07, 6.45) is 1.71. The number of halogens is 1. The van der Waals surface area contributed by atoms with E-state index in [0.29, 0.717) is 12.2 Å². The minimum atomic E-state index is -3.58. The van der Waals surface area contributed by atoms with E-state index in [1.807, 2.05) is 6.92 Å². The monoisotopic (exact) mass is 303 g/mol. The van der Waals surface area contributed by atoms with Gasteiger partial charge in [-0.2, -0.15) is 0 Å². The minimum Gasteiger partial charge on any atom is -0.309 e. The van der Waals surface area contributed by atoms with Crippen molar-refractivity contribution in [1.82, 2.24) is 4.98 Å². The average molecular weight is 304 g/mol. The average Bonchev–Trinajstić information content (AvgIpc) is 2.56. The third-order valence-corrected chi connectivity index (χ3v) is 4.24. The fourth-order valence-electron chi connectivity index (χ4n) is 2.28. The van der Waals surface area contributed by atoms with Crippen LogP contribution in [0.4, 0.5) is 5.69 Å². The summed E-state index contributed by atoms with van der Waals surface area (Å²) in [7, 11) is -3.58. The minimum absolute atomic E-state index is 0.154. The highest BCUT2D eigenvalue weighted by Crippen LogP contribution is 2.32. The van der Waals surface area contributed by atoms with Crippen LogP contribution in [-0.4, -0.2) is 31.6 Å². The summed E-state index contributed by atoms with van der Waals surface area (Å²) < 4.78 is 22.2. The summed E-state index contributed by atoms with van der Waals surface area (Å²) in [4.78, 5) is 17.4. The summed E-state index contributed by atoms with van der Waals surface area (Å²) >= 11 is 6.01. The Morgan fingerprint density at radius 2 is 2.26 bits per heavy atom. The largest absolute Gasteiger partial charge is 0.309 e. The SMILES string of the molecule is Cc1ccnc(Cl)c1N1CC(CS(N)(=O)=O)CC1=O. The van der Waals surface area contributed by atoms with Gasteiger partial charge in [0, 0.05) is 25.1 Å². The first-order valence-corrected chi connectivity index (χ1v) is 7.79. The Labute approximate surface area is 116 Å². The molecule has 2 rings (SSSR count). The van der Waals surface area contributed by atoms with E-state index in [2.05, 4.69) is 4.98 Å². The molecule has 19 heavy (non-hydrogen) atoms. The number of primary sulfonamides is 1. The second kappa shape index (κ2) is 5.07. The van der Waals surface area contributed by atoms with Gasteiger partial charge in [0.05, 0.1) is 11.4 Å². The standard InChI is InChI=1S/C11H14ClN3O3S/c1-7-2-3-14-11(12)10(7)15-5-8(4-9(15)16)6-19(13,17)18/h2-3,8H,4-6H2,1H3,(H2,13,17,18). The molecular formula is C11H14ClN3O3S. The maximum Gasteiger partial charge on any atom is 0.227 e. The number of rotatable bonds is 3. The Balaban J connectivity index is 2.26. The lowest BCUT2D eigenvalue weighted by Gasteiger charge is -2.19. The summed E-state index contributed by atoms with van der Waals surface area (Å²) in [5.41, 5.74) is 1.37. The number of sulfonamides is 1. The quantitative estimate of drug-likeness (QED) is 0.831. The number of aryl methyl sites for hydroxylation is 1. The van der Waals surface area contributed by atoms with Crippen LogP contribution in [0.25, 0.3) is 0 Å². The van der Waals surface area contributed by atoms with Crippen molar-refractivity contribution in [3.05, 3.63) is 23.0 Å². The highest BCUT2D eigenvalue weighted by molar-refractivity contribution is 7.89. The maximum absolute atomic E-state index is 12.0. The van der Waals surface area contributed by atoms with Crippen LogP contribution < -0.4 is 10.0 Å². The number of carbonyl (C=O) groups is 1. The molecule has 0 spiro atoms. The van der Waals surface area contributed by atoms with Crippen molar-refractivity contribution >= 4 is 33.2 Å². The van der Waals surface area contributed by atoms with Gasteiger partial charge in [0.1, 0.15) is 0 Å². The second-order valence-corrected chi connectivity index (χ2v) is 6.69. The molecule has 0 aliphatic carbocycles. The molecule has 1 fully saturated rings. The summed E-state index contributed by atoms with van der Waals surface area (Å²) in [5, 5.41) is 5.25. The molecule has 0 bridgehead atoms. The van der Waals surface area contributed by atoms with Crippen molar-refractivity contribution in [1.29, 1.82) is 0 Å². The molecule has 2 N–H and O–H groups in total. The number of anilines is 1. The number of hydrogen-bond acceptors (Lipinski definition) is 4. The molecule has 1 saturated heterocycles. The van der Waals surface area contributed by atoms with Crippen molar-refractivity contribution in [3.63, 3.8) is 0 Å². The molecule has 2 heterocycles. The molecule has 6 nitrogen and oxygen atoms in total. The van der Waals surface area contributed by atoms with E-state index in [0.717, 1.165) is 5.56 Å². The predicted molar refractivity (Wildman–Crippen MR) is 72.4 cm³/mol. The van der Waals surface area contributed by atoms with E-state index >= 15 is 0 Å². The van der Waals surface area contributed by atoms with Gasteiger partial charge in [0.25, 0.3) is 0 Å². The van der Waals surface area contributed by atoms with Crippen LogP contribution in [0.2, 0.25) is 5.15 Å². The Bertz CT molecular complexity index is 597. The van der Waals surface area contributed by atoms with Gasteiger partial charge < -0.3 is 4.90 Å². The topological polar surface area (TPSA) is 93.4 Å². The molecule has 1 atom stereocenters. The maximum atomic E-state index is 12.0. The summed E-state index contributed by atoms with van der Waals surface area (Å²) in [6.45, 7) is 2.12. The normalized spacial score (nSPS) is 20.1. The summed E-state index contributed by atoms with van der Waals surface area (Å²) in [5.74, 6) is -0.670. The fourth-order valence-corrected chi connectivity index (χ4v) is 3.47. The van der Waals surface area contributed by atoms with Gasteiger partial charge in [-0.15, -0.1) is 0 Å². The molecule has 1 aromatic rings. The van der Waals surface area contributed by atoms with Crippen LogP contribution in [0.15, 0.2) is 12.3 Å². The van der Waals surface area contributed by atoms with E-state index in [9.17, 15) is 13.2 Å². The zero-order valence-corrected chi connectivity index (χ0v) is 11.9. The van der Waals surface area contributed by atoms with Crippen molar-refractivity contribution in [2.45, 2.75) is 13.3 Å². The smallest absolute Gasteiger partial charge is 0.227 e. The number of pyridine rings is 1. The first kappa shape index (κ1) is 14.2. The predicted octanol–water partition coefficient (Wildman–Crippen LogP) is 0.685. The van der Waals surface area contributed by atoms with Crippen LogP contribution in [0, 0.1) is 12.8 Å². The number of nitrogens with zero attached hydrogens (tertiary/aromatic N) is 2. The Hall–Kier alpha value is -1.18. The zero-order chi connectivity index (χ0) is 14.2. The number of hydrogen-bond donors (Lipinski definition) is 1. The van der Waals surface area contributed by atoms with E-state index in [1.165, 1.54) is 4.90 Å². The molecule has 1 aliphatic rings. The van der Waals surface area contributed by atoms with E-state index in [1.54, 1.807) is 12.3 Å².